The minimum atomic E-state index is -4.13. The molecule has 0 spiro atoms. The van der Waals surface area contributed by atoms with Crippen LogP contribution in [0, 0.1) is 0 Å². The lowest BCUT2D eigenvalue weighted by Crippen LogP contribution is -2.24. The fourth-order valence-electron chi connectivity index (χ4n) is 3.84. The molecule has 0 radical (unpaired) electrons. The van der Waals surface area contributed by atoms with Crippen LogP contribution in [-0.4, -0.2) is 49.1 Å². The van der Waals surface area contributed by atoms with Gasteiger partial charge in [-0.1, -0.05) is 103 Å². The normalized spacial score (nSPS) is 14.5. The highest BCUT2D eigenvalue weighted by Gasteiger charge is 2.23. The Morgan fingerprint density at radius 1 is 0.743 bits per heavy atom. The van der Waals surface area contributed by atoms with Gasteiger partial charge in [-0.25, -0.2) is 4.57 Å². The zero-order valence-corrected chi connectivity index (χ0v) is 23.4. The Morgan fingerprint density at radius 2 is 1.23 bits per heavy atom. The molecule has 0 bridgehead atoms. The van der Waals surface area contributed by atoms with Gasteiger partial charge in [-0.2, -0.15) is 0 Å². The summed E-state index contributed by atoms with van der Waals surface area (Å²) in [6.07, 6.45) is 27.3. The highest BCUT2D eigenvalue weighted by atomic mass is 31.2. The molecular weight excluding hydrogens is 465 g/mol. The Morgan fingerprint density at radius 3 is 1.71 bits per heavy atom. The second-order valence-corrected chi connectivity index (χ2v) is 10.9. The van der Waals surface area contributed by atoms with E-state index in [-0.39, 0.29) is 26.4 Å². The van der Waals surface area contributed by atoms with Gasteiger partial charge in [0.25, 0.3) is 0 Å². The van der Waals surface area contributed by atoms with Crippen molar-refractivity contribution in [3.63, 3.8) is 0 Å². The SMILES string of the molecule is CCCCCCCC/C=C\CCCCCCCCCCCCO[C@H](CO)COP(=O)(O)OCCN. The lowest BCUT2D eigenvalue weighted by Gasteiger charge is -2.17. The van der Waals surface area contributed by atoms with Crippen LogP contribution in [0.25, 0.3) is 0 Å². The molecular formula is C27H56NO6P. The minimum Gasteiger partial charge on any atom is -0.394 e. The van der Waals surface area contributed by atoms with Crippen molar-refractivity contribution in [2.75, 3.05) is 33.0 Å². The van der Waals surface area contributed by atoms with Crippen LogP contribution >= 0.6 is 7.82 Å². The van der Waals surface area contributed by atoms with Crippen molar-refractivity contribution in [2.45, 2.75) is 129 Å². The average molecular weight is 522 g/mol. The molecule has 0 aliphatic rings. The van der Waals surface area contributed by atoms with Crippen LogP contribution in [0.4, 0.5) is 0 Å². The molecule has 0 heterocycles. The highest BCUT2D eigenvalue weighted by molar-refractivity contribution is 7.47. The zero-order chi connectivity index (χ0) is 25.9. The van der Waals surface area contributed by atoms with Crippen molar-refractivity contribution in [1.29, 1.82) is 0 Å². The lowest BCUT2D eigenvalue weighted by atomic mass is 10.1. The van der Waals surface area contributed by atoms with Crippen molar-refractivity contribution < 1.29 is 28.3 Å². The van der Waals surface area contributed by atoms with E-state index in [2.05, 4.69) is 23.6 Å². The van der Waals surface area contributed by atoms with Gasteiger partial charge in [-0.15, -0.1) is 0 Å². The van der Waals surface area contributed by atoms with Crippen molar-refractivity contribution in [3.8, 4) is 0 Å². The molecule has 0 aliphatic carbocycles. The Hall–Kier alpha value is -0.270. The van der Waals surface area contributed by atoms with E-state index in [0.29, 0.717) is 6.61 Å². The summed E-state index contributed by atoms with van der Waals surface area (Å²) in [5.74, 6) is 0. The molecule has 2 atom stereocenters. The molecule has 0 aromatic rings. The molecule has 0 fully saturated rings. The monoisotopic (exact) mass is 521 g/mol. The number of aliphatic hydroxyl groups is 1. The average Bonchev–Trinajstić information content (AvgIpc) is 2.85. The maximum absolute atomic E-state index is 11.6. The Labute approximate surface area is 215 Å². The molecule has 35 heavy (non-hydrogen) atoms. The van der Waals surface area contributed by atoms with E-state index in [0.717, 1.165) is 12.8 Å². The van der Waals surface area contributed by atoms with Gasteiger partial charge in [0.2, 0.25) is 0 Å². The summed E-state index contributed by atoms with van der Waals surface area (Å²) >= 11 is 0. The molecule has 0 amide bonds. The van der Waals surface area contributed by atoms with Crippen LogP contribution in [0.2, 0.25) is 0 Å². The highest BCUT2D eigenvalue weighted by Crippen LogP contribution is 2.42. The number of rotatable bonds is 28. The van der Waals surface area contributed by atoms with E-state index in [1.807, 2.05) is 0 Å². The largest absolute Gasteiger partial charge is 0.472 e. The van der Waals surface area contributed by atoms with E-state index in [9.17, 15) is 14.6 Å². The molecule has 0 saturated carbocycles. The molecule has 0 aliphatic heterocycles. The first-order chi connectivity index (χ1) is 17.1. The summed E-state index contributed by atoms with van der Waals surface area (Å²) in [6.45, 7) is 2.38. The van der Waals surface area contributed by atoms with Crippen LogP contribution in [0.5, 0.6) is 0 Å². The molecule has 0 aromatic carbocycles. The van der Waals surface area contributed by atoms with Crippen LogP contribution in [0.15, 0.2) is 12.2 Å². The number of phosphoric acid groups is 1. The molecule has 7 nitrogen and oxygen atoms in total. The van der Waals surface area contributed by atoms with Gasteiger partial charge in [0.15, 0.2) is 0 Å². The lowest BCUT2D eigenvalue weighted by molar-refractivity contribution is -0.0224. The van der Waals surface area contributed by atoms with Crippen LogP contribution in [-0.2, 0) is 18.3 Å². The number of phosphoric ester groups is 1. The van der Waals surface area contributed by atoms with Gasteiger partial charge in [0.1, 0.15) is 6.10 Å². The van der Waals surface area contributed by atoms with Gasteiger partial charge in [-0.3, -0.25) is 9.05 Å². The molecule has 210 valence electrons. The summed E-state index contributed by atoms with van der Waals surface area (Å²) in [5.41, 5.74) is 5.23. The zero-order valence-electron chi connectivity index (χ0n) is 22.5. The predicted octanol–water partition coefficient (Wildman–Crippen LogP) is 7.05. The predicted molar refractivity (Wildman–Crippen MR) is 146 cm³/mol. The second-order valence-electron chi connectivity index (χ2n) is 9.41. The first kappa shape index (κ1) is 34.7. The Kier molecular flexibility index (Phi) is 26.6. The van der Waals surface area contributed by atoms with E-state index < -0.39 is 13.9 Å². The Bertz CT molecular complexity index is 506. The Balaban J connectivity index is 3.37. The summed E-state index contributed by atoms with van der Waals surface area (Å²) in [6, 6.07) is 0. The molecule has 4 N–H and O–H groups in total. The molecule has 1 unspecified atom stereocenters. The second kappa shape index (κ2) is 26.8. The smallest absolute Gasteiger partial charge is 0.394 e. The first-order valence-electron chi connectivity index (χ1n) is 14.2. The number of unbranched alkanes of at least 4 members (excludes halogenated alkanes) is 16. The number of hydrogen-bond donors (Lipinski definition) is 3. The van der Waals surface area contributed by atoms with Gasteiger partial charge in [0.05, 0.1) is 19.8 Å². The van der Waals surface area contributed by atoms with Gasteiger partial charge in [-0.05, 0) is 32.1 Å². The van der Waals surface area contributed by atoms with Crippen molar-refractivity contribution >= 4 is 7.82 Å². The maximum atomic E-state index is 11.6. The van der Waals surface area contributed by atoms with Gasteiger partial charge in [0, 0.05) is 13.2 Å². The number of ether oxygens (including phenoxy) is 1. The quantitative estimate of drug-likeness (QED) is 0.0574. The molecule has 0 rings (SSSR count). The van der Waals surface area contributed by atoms with Crippen LogP contribution in [0.3, 0.4) is 0 Å². The fraction of sp³-hybridized carbons (Fsp3) is 0.926. The summed E-state index contributed by atoms with van der Waals surface area (Å²) < 4.78 is 26.6. The maximum Gasteiger partial charge on any atom is 0.472 e. The third-order valence-electron chi connectivity index (χ3n) is 6.01. The third kappa shape index (κ3) is 26.6. The fourth-order valence-corrected chi connectivity index (χ4v) is 4.61. The summed E-state index contributed by atoms with van der Waals surface area (Å²) in [4.78, 5) is 9.45. The molecule has 8 heteroatoms. The summed E-state index contributed by atoms with van der Waals surface area (Å²) in [7, 11) is -4.13. The van der Waals surface area contributed by atoms with Crippen molar-refractivity contribution in [1.82, 2.24) is 0 Å². The van der Waals surface area contributed by atoms with Gasteiger partial charge < -0.3 is 20.5 Å². The van der Waals surface area contributed by atoms with Crippen molar-refractivity contribution in [2.24, 2.45) is 5.73 Å². The number of allylic oxidation sites excluding steroid dienone is 2. The minimum absolute atomic E-state index is 0.0601. The first-order valence-corrected chi connectivity index (χ1v) is 15.7. The molecule has 0 saturated heterocycles. The van der Waals surface area contributed by atoms with E-state index in [1.165, 1.54) is 103 Å². The van der Waals surface area contributed by atoms with E-state index in [1.54, 1.807) is 0 Å². The van der Waals surface area contributed by atoms with E-state index in [4.69, 9.17) is 15.0 Å². The topological polar surface area (TPSA) is 111 Å². The van der Waals surface area contributed by atoms with Crippen LogP contribution < -0.4 is 5.73 Å². The van der Waals surface area contributed by atoms with Crippen molar-refractivity contribution in [3.05, 3.63) is 12.2 Å². The number of nitrogens with two attached hydrogens (primary N) is 1. The van der Waals surface area contributed by atoms with E-state index >= 15 is 0 Å². The third-order valence-corrected chi connectivity index (χ3v) is 6.99. The standard InChI is InChI=1S/C27H56NO6P/c1-2-3-4-5-6-7-8-9-10-11-12-13-14-15-16-17-18-19-20-21-23-32-27(25-29)26-34-35(30,31)33-24-22-28/h9-10,27,29H,2-8,11-26,28H2,1H3,(H,30,31)/b10-9-/t27-/m1/s1. The summed E-state index contributed by atoms with van der Waals surface area (Å²) in [5, 5.41) is 9.32. The number of hydrogen-bond acceptors (Lipinski definition) is 6. The number of aliphatic hydroxyl groups excluding tert-OH is 1. The molecule has 0 aromatic heterocycles. The van der Waals surface area contributed by atoms with Crippen LogP contribution in [0.1, 0.15) is 122 Å². The van der Waals surface area contributed by atoms with Gasteiger partial charge >= 0.3 is 7.82 Å².